The molecule has 0 heterocycles. The standard InChI is InChI=1S/C14H20ClFN2/c15-11-8-13(17)14(9-12(11)16)18-10-6-4-2-1-3-5-7-10/h8-10,18H,1-7,17H2. The molecule has 2 nitrogen and oxygen atoms in total. The molecule has 2 rings (SSSR count). The molecular weight excluding hydrogens is 251 g/mol. The molecule has 0 unspecified atom stereocenters. The van der Waals surface area contributed by atoms with E-state index in [1.165, 1.54) is 44.2 Å². The number of hydrogen-bond acceptors (Lipinski definition) is 2. The van der Waals surface area contributed by atoms with Gasteiger partial charge >= 0.3 is 0 Å². The zero-order valence-corrected chi connectivity index (χ0v) is 11.3. The summed E-state index contributed by atoms with van der Waals surface area (Å²) < 4.78 is 13.4. The van der Waals surface area contributed by atoms with Crippen molar-refractivity contribution < 1.29 is 4.39 Å². The van der Waals surface area contributed by atoms with E-state index in [2.05, 4.69) is 5.32 Å². The van der Waals surface area contributed by atoms with Gasteiger partial charge in [-0.15, -0.1) is 0 Å². The van der Waals surface area contributed by atoms with Crippen LogP contribution in [0, 0.1) is 5.82 Å². The molecule has 3 N–H and O–H groups in total. The van der Waals surface area contributed by atoms with Crippen LogP contribution in [0.15, 0.2) is 12.1 Å². The van der Waals surface area contributed by atoms with Gasteiger partial charge in [0.15, 0.2) is 0 Å². The van der Waals surface area contributed by atoms with Crippen molar-refractivity contribution in [3.05, 3.63) is 23.0 Å². The van der Waals surface area contributed by atoms with Crippen molar-refractivity contribution in [2.75, 3.05) is 11.1 Å². The van der Waals surface area contributed by atoms with Gasteiger partial charge in [0.05, 0.1) is 16.4 Å². The fraction of sp³-hybridized carbons (Fsp3) is 0.571. The molecule has 0 atom stereocenters. The lowest BCUT2D eigenvalue weighted by atomic mass is 9.96. The first-order valence-electron chi connectivity index (χ1n) is 6.68. The van der Waals surface area contributed by atoms with Crippen LogP contribution in [-0.4, -0.2) is 6.04 Å². The van der Waals surface area contributed by atoms with Gasteiger partial charge in [-0.05, 0) is 18.9 Å². The lowest BCUT2D eigenvalue weighted by Crippen LogP contribution is -2.21. The molecule has 0 amide bonds. The van der Waals surface area contributed by atoms with Gasteiger partial charge in [-0.1, -0.05) is 43.7 Å². The summed E-state index contributed by atoms with van der Waals surface area (Å²) in [5.74, 6) is -0.417. The molecule has 1 saturated carbocycles. The smallest absolute Gasteiger partial charge is 0.143 e. The Kier molecular flexibility index (Phi) is 4.70. The van der Waals surface area contributed by atoms with Crippen LogP contribution in [0.2, 0.25) is 5.02 Å². The highest BCUT2D eigenvalue weighted by Gasteiger charge is 2.13. The summed E-state index contributed by atoms with van der Waals surface area (Å²) >= 11 is 5.69. The number of nitrogens with one attached hydrogen (secondary N) is 1. The lowest BCUT2D eigenvalue weighted by molar-refractivity contribution is 0.471. The van der Waals surface area contributed by atoms with E-state index >= 15 is 0 Å². The van der Waals surface area contributed by atoms with Gasteiger partial charge in [-0.2, -0.15) is 0 Å². The van der Waals surface area contributed by atoms with Crippen molar-refractivity contribution in [2.24, 2.45) is 0 Å². The summed E-state index contributed by atoms with van der Waals surface area (Å²) in [5.41, 5.74) is 7.05. The van der Waals surface area contributed by atoms with Crippen LogP contribution >= 0.6 is 11.6 Å². The molecule has 100 valence electrons. The molecule has 0 aromatic heterocycles. The normalized spacial score (nSPS) is 18.1. The first-order chi connectivity index (χ1) is 8.66. The molecule has 18 heavy (non-hydrogen) atoms. The highest BCUT2D eigenvalue weighted by molar-refractivity contribution is 6.31. The summed E-state index contributed by atoms with van der Waals surface area (Å²) in [4.78, 5) is 0. The van der Waals surface area contributed by atoms with Gasteiger partial charge in [-0.3, -0.25) is 0 Å². The maximum absolute atomic E-state index is 13.4. The molecule has 0 bridgehead atoms. The number of anilines is 2. The Labute approximate surface area is 113 Å². The maximum Gasteiger partial charge on any atom is 0.143 e. The molecule has 4 heteroatoms. The number of hydrogen-bond donors (Lipinski definition) is 2. The van der Waals surface area contributed by atoms with Gasteiger partial charge in [0.1, 0.15) is 5.82 Å². The van der Waals surface area contributed by atoms with E-state index in [9.17, 15) is 4.39 Å². The Hall–Kier alpha value is -0.960. The second-order valence-electron chi connectivity index (χ2n) is 5.04. The molecule has 1 aliphatic rings. The minimum Gasteiger partial charge on any atom is -0.397 e. The maximum atomic E-state index is 13.4. The molecular formula is C14H20ClFN2. The van der Waals surface area contributed by atoms with E-state index in [1.807, 2.05) is 0 Å². The van der Waals surface area contributed by atoms with E-state index < -0.39 is 5.82 Å². The van der Waals surface area contributed by atoms with E-state index in [0.29, 0.717) is 17.4 Å². The highest BCUT2D eigenvalue weighted by Crippen LogP contribution is 2.28. The van der Waals surface area contributed by atoms with Crippen LogP contribution in [0.3, 0.4) is 0 Å². The van der Waals surface area contributed by atoms with Gasteiger partial charge in [0.2, 0.25) is 0 Å². The van der Waals surface area contributed by atoms with Gasteiger partial charge in [-0.25, -0.2) is 4.39 Å². The predicted octanol–water partition coefficient (Wildman–Crippen LogP) is 4.59. The Bertz CT molecular complexity index is 401. The summed E-state index contributed by atoms with van der Waals surface area (Å²) in [6, 6.07) is 3.27. The molecule has 0 radical (unpaired) electrons. The molecule has 0 aliphatic heterocycles. The fourth-order valence-electron chi connectivity index (χ4n) is 2.51. The second kappa shape index (κ2) is 6.28. The largest absolute Gasteiger partial charge is 0.397 e. The fourth-order valence-corrected chi connectivity index (χ4v) is 2.68. The Morgan fingerprint density at radius 1 is 1.11 bits per heavy atom. The number of rotatable bonds is 2. The zero-order chi connectivity index (χ0) is 13.0. The summed E-state index contributed by atoms with van der Waals surface area (Å²) in [6.45, 7) is 0. The highest BCUT2D eigenvalue weighted by atomic mass is 35.5. The second-order valence-corrected chi connectivity index (χ2v) is 5.45. The van der Waals surface area contributed by atoms with E-state index in [4.69, 9.17) is 17.3 Å². The number of halogens is 2. The van der Waals surface area contributed by atoms with Gasteiger partial charge in [0.25, 0.3) is 0 Å². The van der Waals surface area contributed by atoms with E-state index in [1.54, 1.807) is 0 Å². The third kappa shape index (κ3) is 3.52. The average Bonchev–Trinajstić information content (AvgIpc) is 2.29. The Balaban J connectivity index is 2.05. The van der Waals surface area contributed by atoms with Crippen LogP contribution in [0.4, 0.5) is 15.8 Å². The summed E-state index contributed by atoms with van der Waals surface area (Å²) in [7, 11) is 0. The third-order valence-corrected chi connectivity index (χ3v) is 3.85. The zero-order valence-electron chi connectivity index (χ0n) is 10.5. The van der Waals surface area contributed by atoms with Crippen molar-refractivity contribution in [1.29, 1.82) is 0 Å². The van der Waals surface area contributed by atoms with Crippen LogP contribution < -0.4 is 11.1 Å². The van der Waals surface area contributed by atoms with E-state index in [0.717, 1.165) is 12.8 Å². The van der Waals surface area contributed by atoms with Crippen LogP contribution in [0.25, 0.3) is 0 Å². The Morgan fingerprint density at radius 3 is 2.39 bits per heavy atom. The first kappa shape index (κ1) is 13.5. The molecule has 1 aromatic rings. The molecule has 0 saturated heterocycles. The van der Waals surface area contributed by atoms with Crippen molar-refractivity contribution in [1.82, 2.24) is 0 Å². The topological polar surface area (TPSA) is 38.0 Å². The minimum atomic E-state index is -0.417. The van der Waals surface area contributed by atoms with Crippen molar-refractivity contribution in [3.63, 3.8) is 0 Å². The average molecular weight is 271 g/mol. The molecule has 1 fully saturated rings. The van der Waals surface area contributed by atoms with Crippen LogP contribution in [-0.2, 0) is 0 Å². The first-order valence-corrected chi connectivity index (χ1v) is 7.05. The molecule has 0 spiro atoms. The van der Waals surface area contributed by atoms with Crippen molar-refractivity contribution >= 4 is 23.0 Å². The Morgan fingerprint density at radius 2 is 1.72 bits per heavy atom. The quantitative estimate of drug-likeness (QED) is 0.772. The predicted molar refractivity (Wildman–Crippen MR) is 75.6 cm³/mol. The van der Waals surface area contributed by atoms with Crippen molar-refractivity contribution in [3.8, 4) is 0 Å². The number of benzene rings is 1. The van der Waals surface area contributed by atoms with E-state index in [-0.39, 0.29) is 5.02 Å². The SMILES string of the molecule is Nc1cc(Cl)c(F)cc1NC1CCCCCCC1. The van der Waals surface area contributed by atoms with Crippen LogP contribution in [0.5, 0.6) is 0 Å². The van der Waals surface area contributed by atoms with Crippen LogP contribution in [0.1, 0.15) is 44.9 Å². The lowest BCUT2D eigenvalue weighted by Gasteiger charge is -2.23. The van der Waals surface area contributed by atoms with Crippen molar-refractivity contribution in [2.45, 2.75) is 51.0 Å². The monoisotopic (exact) mass is 270 g/mol. The molecule has 1 aromatic carbocycles. The molecule has 1 aliphatic carbocycles. The summed E-state index contributed by atoms with van der Waals surface area (Å²) in [5, 5.41) is 3.44. The third-order valence-electron chi connectivity index (χ3n) is 3.56. The number of nitrogen functional groups attached to an aromatic ring is 1. The van der Waals surface area contributed by atoms with Gasteiger partial charge in [0, 0.05) is 12.1 Å². The summed E-state index contributed by atoms with van der Waals surface area (Å²) in [6.07, 6.45) is 8.64. The number of nitrogens with two attached hydrogens (primary N) is 1. The minimum absolute atomic E-state index is 0.0794. The van der Waals surface area contributed by atoms with Gasteiger partial charge < -0.3 is 11.1 Å².